The lowest BCUT2D eigenvalue weighted by Crippen LogP contribution is -2.60. The van der Waals surface area contributed by atoms with Crippen LogP contribution in [-0.4, -0.2) is 22.5 Å². The van der Waals surface area contributed by atoms with E-state index in [-0.39, 0.29) is 0 Å². The summed E-state index contributed by atoms with van der Waals surface area (Å²) in [5.41, 5.74) is 0.447. The van der Waals surface area contributed by atoms with E-state index in [1.165, 1.54) is 75.1 Å². The lowest BCUT2D eigenvalue weighted by atomic mass is 9.53. The van der Waals surface area contributed by atoms with Gasteiger partial charge in [0.25, 0.3) is 0 Å². The minimum absolute atomic E-state index is 0.447. The molecule has 5 fully saturated rings. The predicted molar refractivity (Wildman–Crippen MR) is 89.7 cm³/mol. The summed E-state index contributed by atoms with van der Waals surface area (Å²) in [5.74, 6) is 5.29. The number of amidine groups is 1. The molecule has 6 aliphatic rings. The van der Waals surface area contributed by atoms with Gasteiger partial charge in [-0.3, -0.25) is 4.99 Å². The van der Waals surface area contributed by atoms with Crippen molar-refractivity contribution in [3.8, 4) is 0 Å². The maximum atomic E-state index is 5.15. The van der Waals surface area contributed by atoms with Gasteiger partial charge in [-0.25, -0.2) is 0 Å². The Morgan fingerprint density at radius 3 is 2.33 bits per heavy atom. The highest BCUT2D eigenvalue weighted by molar-refractivity contribution is 8.13. The first kappa shape index (κ1) is 13.3. The molecule has 116 valence electrons. The van der Waals surface area contributed by atoms with Gasteiger partial charge in [0.15, 0.2) is 5.17 Å². The van der Waals surface area contributed by atoms with E-state index in [0.717, 1.165) is 23.7 Å². The molecule has 5 saturated carbocycles. The van der Waals surface area contributed by atoms with Crippen molar-refractivity contribution < 1.29 is 0 Å². The molecule has 0 aromatic heterocycles. The van der Waals surface area contributed by atoms with Crippen LogP contribution in [0.15, 0.2) is 4.99 Å². The molecule has 0 aromatic rings. The smallest absolute Gasteiger partial charge is 0.157 e. The van der Waals surface area contributed by atoms with Gasteiger partial charge in [-0.2, -0.15) is 0 Å². The van der Waals surface area contributed by atoms with Crippen molar-refractivity contribution in [2.45, 2.75) is 75.8 Å². The zero-order valence-electron chi connectivity index (χ0n) is 13.0. The first-order valence-electron chi connectivity index (χ1n) is 9.27. The molecule has 3 heteroatoms. The largest absolute Gasteiger partial charge is 0.359 e. The Morgan fingerprint density at radius 2 is 1.62 bits per heavy atom. The topological polar surface area (TPSA) is 24.4 Å². The second-order valence-corrected chi connectivity index (χ2v) is 9.69. The SMILES string of the molecule is C1CCC2N=C(NC34CC5CC(CC(C5)C3)C4)SCC2C1. The summed E-state index contributed by atoms with van der Waals surface area (Å²) >= 11 is 2.04. The summed E-state index contributed by atoms with van der Waals surface area (Å²) in [6.07, 6.45) is 14.5. The molecule has 0 aromatic carbocycles. The van der Waals surface area contributed by atoms with Gasteiger partial charge < -0.3 is 5.32 Å². The van der Waals surface area contributed by atoms with E-state index in [1.54, 1.807) is 0 Å². The number of fused-ring (bicyclic) bond motifs is 1. The lowest BCUT2D eigenvalue weighted by Gasteiger charge is -2.57. The minimum atomic E-state index is 0.447. The van der Waals surface area contributed by atoms with Crippen LogP contribution in [0.2, 0.25) is 0 Å². The van der Waals surface area contributed by atoms with Crippen LogP contribution in [0.5, 0.6) is 0 Å². The van der Waals surface area contributed by atoms with Crippen molar-refractivity contribution in [2.24, 2.45) is 28.7 Å². The number of hydrogen-bond acceptors (Lipinski definition) is 3. The third-order valence-corrected chi connectivity index (χ3v) is 8.07. The van der Waals surface area contributed by atoms with Crippen molar-refractivity contribution in [1.82, 2.24) is 5.32 Å². The van der Waals surface area contributed by atoms with Crippen LogP contribution in [-0.2, 0) is 0 Å². The third kappa shape index (κ3) is 2.34. The number of rotatable bonds is 1. The molecule has 1 aliphatic heterocycles. The highest BCUT2D eigenvalue weighted by Crippen LogP contribution is 2.55. The van der Waals surface area contributed by atoms with Crippen molar-refractivity contribution in [3.05, 3.63) is 0 Å². The molecule has 1 heterocycles. The Morgan fingerprint density at radius 1 is 0.952 bits per heavy atom. The molecule has 5 aliphatic carbocycles. The summed E-state index contributed by atoms with van der Waals surface area (Å²) in [6.45, 7) is 0. The fourth-order valence-electron chi connectivity index (χ4n) is 6.49. The molecule has 0 radical (unpaired) electrons. The van der Waals surface area contributed by atoms with Crippen molar-refractivity contribution in [3.63, 3.8) is 0 Å². The second kappa shape index (κ2) is 4.91. The van der Waals surface area contributed by atoms with Crippen LogP contribution in [0.4, 0.5) is 0 Å². The van der Waals surface area contributed by atoms with Crippen LogP contribution in [0.25, 0.3) is 0 Å². The highest BCUT2D eigenvalue weighted by atomic mass is 32.2. The number of nitrogens with one attached hydrogen (secondary N) is 1. The van der Waals surface area contributed by atoms with Crippen LogP contribution >= 0.6 is 11.8 Å². The first-order chi connectivity index (χ1) is 10.3. The van der Waals surface area contributed by atoms with E-state index in [1.807, 2.05) is 11.8 Å². The zero-order valence-corrected chi connectivity index (χ0v) is 13.8. The van der Waals surface area contributed by atoms with Crippen molar-refractivity contribution in [1.29, 1.82) is 0 Å². The lowest BCUT2D eigenvalue weighted by molar-refractivity contribution is -0.00973. The molecule has 2 unspecified atom stereocenters. The standard InChI is InChI=1S/C18H28N2S/c1-2-4-16-15(3-1)11-21-17(19-16)20-18-8-12-5-13(9-18)7-14(6-12)10-18/h12-16H,1-11H2,(H,19,20). The van der Waals surface area contributed by atoms with E-state index in [9.17, 15) is 0 Å². The average molecular weight is 305 g/mol. The molecule has 0 spiro atoms. The van der Waals surface area contributed by atoms with Gasteiger partial charge in [-0.1, -0.05) is 24.6 Å². The molecule has 21 heavy (non-hydrogen) atoms. The molecule has 0 amide bonds. The van der Waals surface area contributed by atoms with E-state index in [0.29, 0.717) is 11.6 Å². The summed E-state index contributed by atoms with van der Waals surface area (Å²) in [5, 5.41) is 5.33. The van der Waals surface area contributed by atoms with Crippen LogP contribution in [0.1, 0.15) is 64.2 Å². The summed E-state index contributed by atoms with van der Waals surface area (Å²) in [4.78, 5) is 5.15. The molecule has 6 rings (SSSR count). The van der Waals surface area contributed by atoms with Crippen LogP contribution in [0.3, 0.4) is 0 Å². The Kier molecular flexibility index (Phi) is 3.10. The molecular weight excluding hydrogens is 276 g/mol. The monoisotopic (exact) mass is 304 g/mol. The molecule has 4 bridgehead atoms. The summed E-state index contributed by atoms with van der Waals surface area (Å²) < 4.78 is 0. The fourth-order valence-corrected chi connectivity index (χ4v) is 7.74. The number of hydrogen-bond donors (Lipinski definition) is 1. The normalized spacial score (nSPS) is 51.4. The molecule has 2 nitrogen and oxygen atoms in total. The predicted octanol–water partition coefficient (Wildman–Crippen LogP) is 4.21. The third-order valence-electron chi connectivity index (χ3n) is 7.00. The molecular formula is C18H28N2S. The minimum Gasteiger partial charge on any atom is -0.359 e. The van der Waals surface area contributed by atoms with Crippen LogP contribution < -0.4 is 5.32 Å². The average Bonchev–Trinajstić information content (AvgIpc) is 2.45. The molecule has 2 atom stereocenters. The van der Waals surface area contributed by atoms with Gasteiger partial charge in [0.1, 0.15) is 0 Å². The summed E-state index contributed by atoms with van der Waals surface area (Å²) in [6, 6.07) is 0.649. The van der Waals surface area contributed by atoms with Gasteiger partial charge in [-0.15, -0.1) is 0 Å². The van der Waals surface area contributed by atoms with Crippen molar-refractivity contribution >= 4 is 16.9 Å². The van der Waals surface area contributed by atoms with E-state index in [4.69, 9.17) is 4.99 Å². The maximum absolute atomic E-state index is 5.15. The van der Waals surface area contributed by atoms with Gasteiger partial charge in [0.05, 0.1) is 6.04 Å². The van der Waals surface area contributed by atoms with E-state index >= 15 is 0 Å². The van der Waals surface area contributed by atoms with Gasteiger partial charge in [0, 0.05) is 11.3 Å². The fraction of sp³-hybridized carbons (Fsp3) is 0.944. The number of nitrogens with zero attached hydrogens (tertiary/aromatic N) is 1. The van der Waals surface area contributed by atoms with E-state index in [2.05, 4.69) is 5.32 Å². The number of thioether (sulfide) groups is 1. The van der Waals surface area contributed by atoms with Gasteiger partial charge in [0.2, 0.25) is 0 Å². The highest BCUT2D eigenvalue weighted by Gasteiger charge is 2.51. The van der Waals surface area contributed by atoms with Crippen molar-refractivity contribution in [2.75, 3.05) is 5.75 Å². The van der Waals surface area contributed by atoms with E-state index < -0.39 is 0 Å². The van der Waals surface area contributed by atoms with Crippen LogP contribution in [0, 0.1) is 23.7 Å². The second-order valence-electron chi connectivity index (χ2n) is 8.68. The Bertz CT molecular complexity index is 423. The Labute approximate surface area is 132 Å². The molecule has 0 saturated heterocycles. The quantitative estimate of drug-likeness (QED) is 0.785. The molecule has 1 N–H and O–H groups in total. The zero-order chi connectivity index (χ0) is 13.9. The van der Waals surface area contributed by atoms with Gasteiger partial charge in [-0.05, 0) is 75.0 Å². The Balaban J connectivity index is 1.34. The maximum Gasteiger partial charge on any atom is 0.157 e. The first-order valence-corrected chi connectivity index (χ1v) is 10.3. The Hall–Kier alpha value is -0.180. The number of aliphatic imine (C=N–C) groups is 1. The summed E-state index contributed by atoms with van der Waals surface area (Å²) in [7, 11) is 0. The van der Waals surface area contributed by atoms with Gasteiger partial charge >= 0.3 is 0 Å².